The highest BCUT2D eigenvalue weighted by atomic mass is 32.7. The molecule has 0 aliphatic carbocycles. The molecule has 1 fully saturated rings. The number of rotatable bonds is 6. The minimum absolute atomic E-state index is 0.0747. The average Bonchev–Trinajstić information content (AvgIpc) is 2.78. The summed E-state index contributed by atoms with van der Waals surface area (Å²) in [5.41, 5.74) is -1.32. The van der Waals surface area contributed by atoms with Gasteiger partial charge in [0.05, 0.1) is 19.3 Å². The second-order valence-corrected chi connectivity index (χ2v) is 7.69. The van der Waals surface area contributed by atoms with Gasteiger partial charge in [0.1, 0.15) is 12.2 Å². The minimum atomic E-state index is -4.73. The summed E-state index contributed by atoms with van der Waals surface area (Å²) in [5.74, 6) is 0. The summed E-state index contributed by atoms with van der Waals surface area (Å²) in [4.78, 5) is 42.5. The van der Waals surface area contributed by atoms with Gasteiger partial charge in [-0.1, -0.05) is 12.2 Å². The second kappa shape index (κ2) is 7.45. The summed E-state index contributed by atoms with van der Waals surface area (Å²) in [7, 11) is -7.46. The van der Waals surface area contributed by atoms with E-state index in [9.17, 15) is 18.7 Å². The maximum Gasteiger partial charge on any atom is 0.469 e. The molecule has 0 bridgehead atoms. The van der Waals surface area contributed by atoms with Gasteiger partial charge in [0, 0.05) is 12.3 Å². The van der Waals surface area contributed by atoms with E-state index in [1.54, 1.807) is 0 Å². The first-order valence-corrected chi connectivity index (χ1v) is 10.3. The van der Waals surface area contributed by atoms with Crippen LogP contribution < -0.4 is 11.2 Å². The van der Waals surface area contributed by atoms with Gasteiger partial charge in [-0.15, -0.1) is 0 Å². The fourth-order valence-corrected chi connectivity index (χ4v) is 3.42. The van der Waals surface area contributed by atoms with E-state index in [4.69, 9.17) is 19.0 Å². The fraction of sp³-hybridized carbons (Fsp3) is 0.556. The topological polar surface area (TPSA) is 157 Å². The molecule has 0 amide bonds. The third-order valence-electron chi connectivity index (χ3n) is 3.08. The number of aromatic amines is 1. The Morgan fingerprint density at radius 2 is 2.22 bits per heavy atom. The zero-order valence-corrected chi connectivity index (χ0v) is 14.2. The molecule has 1 aromatic heterocycles. The van der Waals surface area contributed by atoms with Crippen molar-refractivity contribution in [2.45, 2.75) is 18.2 Å². The number of phosphoric ester groups is 1. The quantitative estimate of drug-likeness (QED) is 0.365. The number of hydrogen-bond donors (Lipinski definition) is 4. The predicted molar refractivity (Wildman–Crippen MR) is 81.0 cm³/mol. The van der Waals surface area contributed by atoms with E-state index in [0.717, 1.165) is 10.6 Å². The van der Waals surface area contributed by atoms with Crippen LogP contribution >= 0.6 is 27.3 Å². The maximum absolute atomic E-state index is 11.8. The second-order valence-electron chi connectivity index (χ2n) is 4.59. The van der Waals surface area contributed by atoms with Crippen LogP contribution in [0, 0.1) is 0 Å². The Kier molecular flexibility index (Phi) is 6.04. The summed E-state index contributed by atoms with van der Waals surface area (Å²) in [5, 5.41) is 0. The number of hydrogen-bond acceptors (Lipinski definition) is 7. The molecule has 1 aliphatic heterocycles. The standard InChI is InChI=1S/C9H14N2O9P2S/c12-7-1-2-11(9(13)10-7)5-3-18-6(4-19-22(15,16)17)8(5)20-21(14)23/h1-2,5-6,8,21H,3-4H2,(H,14,23)(H,10,12,13)(H2,15,16,17)/t5-,6+,8?/m0/s1. The van der Waals surface area contributed by atoms with E-state index < -0.39 is 51.2 Å². The van der Waals surface area contributed by atoms with Gasteiger partial charge in [0.2, 0.25) is 7.23 Å². The Hall–Kier alpha value is -0.710. The van der Waals surface area contributed by atoms with Gasteiger partial charge < -0.3 is 19.0 Å². The highest BCUT2D eigenvalue weighted by Crippen LogP contribution is 2.41. The molecule has 2 rings (SSSR count). The van der Waals surface area contributed by atoms with Crippen molar-refractivity contribution in [3.8, 4) is 0 Å². The average molecular weight is 388 g/mol. The molecule has 130 valence electrons. The third kappa shape index (κ3) is 5.13. The van der Waals surface area contributed by atoms with E-state index in [0.29, 0.717) is 0 Å². The van der Waals surface area contributed by atoms with E-state index in [1.807, 2.05) is 0 Å². The van der Waals surface area contributed by atoms with Crippen LogP contribution in [-0.4, -0.2) is 44.8 Å². The molecule has 1 aliphatic rings. The lowest BCUT2D eigenvalue weighted by atomic mass is 10.1. The van der Waals surface area contributed by atoms with Crippen molar-refractivity contribution in [1.29, 1.82) is 0 Å². The van der Waals surface area contributed by atoms with Gasteiger partial charge in [-0.2, -0.15) is 0 Å². The molecule has 23 heavy (non-hydrogen) atoms. The number of phosphoric acid groups is 1. The van der Waals surface area contributed by atoms with Gasteiger partial charge in [0.15, 0.2) is 0 Å². The first-order valence-electron chi connectivity index (χ1n) is 6.20. The molecule has 11 nitrogen and oxygen atoms in total. The minimum Gasteiger partial charge on any atom is -0.371 e. The number of H-pyrrole nitrogens is 1. The zero-order chi connectivity index (χ0) is 17.2. The Bertz CT molecular complexity index is 743. The van der Waals surface area contributed by atoms with Gasteiger partial charge in [-0.3, -0.25) is 23.4 Å². The van der Waals surface area contributed by atoms with Gasteiger partial charge in [-0.05, 0) is 0 Å². The number of aromatic nitrogens is 2. The van der Waals surface area contributed by atoms with Crippen LogP contribution in [0.3, 0.4) is 0 Å². The lowest BCUT2D eigenvalue weighted by Crippen LogP contribution is -2.39. The van der Waals surface area contributed by atoms with Gasteiger partial charge in [-0.25, -0.2) is 9.36 Å². The summed E-state index contributed by atoms with van der Waals surface area (Å²) < 4.78 is 38.0. The van der Waals surface area contributed by atoms with Crippen LogP contribution in [0.15, 0.2) is 21.9 Å². The smallest absolute Gasteiger partial charge is 0.371 e. The molecule has 1 saturated heterocycles. The third-order valence-corrected chi connectivity index (χ3v) is 4.35. The van der Waals surface area contributed by atoms with Crippen molar-refractivity contribution in [2.75, 3.05) is 13.2 Å². The van der Waals surface area contributed by atoms with Gasteiger partial charge >= 0.3 is 13.5 Å². The van der Waals surface area contributed by atoms with E-state index in [-0.39, 0.29) is 6.61 Å². The first-order chi connectivity index (χ1) is 10.7. The Morgan fingerprint density at radius 3 is 2.78 bits per heavy atom. The molecular weight excluding hydrogens is 374 g/mol. The molecule has 0 aromatic carbocycles. The molecule has 1 aromatic rings. The fourth-order valence-electron chi connectivity index (χ4n) is 2.17. The summed E-state index contributed by atoms with van der Waals surface area (Å²) in [6, 6.07) is 0.340. The van der Waals surface area contributed by atoms with Crippen LogP contribution in [-0.2, 0) is 22.9 Å². The SMILES string of the molecule is O=c1ccn([C@H]2CO[C@H](COP(=O)(O)O)C2O[PH](=O)S)c(=O)[nH]1. The molecule has 14 heteroatoms. The van der Waals surface area contributed by atoms with Crippen molar-refractivity contribution >= 4 is 27.3 Å². The van der Waals surface area contributed by atoms with Crippen molar-refractivity contribution in [2.24, 2.45) is 0 Å². The van der Waals surface area contributed by atoms with Crippen LogP contribution in [0.5, 0.6) is 0 Å². The van der Waals surface area contributed by atoms with Crippen molar-refractivity contribution < 1.29 is 32.7 Å². The van der Waals surface area contributed by atoms with Crippen LogP contribution in [0.2, 0.25) is 0 Å². The van der Waals surface area contributed by atoms with Crippen LogP contribution in [0.1, 0.15) is 6.04 Å². The highest BCUT2D eigenvalue weighted by molar-refractivity contribution is 8.39. The normalized spacial score (nSPS) is 26.3. The van der Waals surface area contributed by atoms with Crippen molar-refractivity contribution in [3.63, 3.8) is 0 Å². The lowest BCUT2D eigenvalue weighted by Gasteiger charge is -2.23. The Morgan fingerprint density at radius 1 is 1.52 bits per heavy atom. The highest BCUT2D eigenvalue weighted by Gasteiger charge is 2.41. The number of nitrogens with zero attached hydrogens (tertiary/aromatic N) is 1. The summed E-state index contributed by atoms with van der Waals surface area (Å²) >= 11 is 3.66. The van der Waals surface area contributed by atoms with E-state index >= 15 is 0 Å². The van der Waals surface area contributed by atoms with Gasteiger partial charge in [0.25, 0.3) is 5.56 Å². The number of thiol groups is 1. The largest absolute Gasteiger partial charge is 0.469 e. The van der Waals surface area contributed by atoms with E-state index in [1.165, 1.54) is 6.20 Å². The van der Waals surface area contributed by atoms with Crippen LogP contribution in [0.25, 0.3) is 0 Å². The maximum atomic E-state index is 11.8. The molecule has 0 saturated carbocycles. The lowest BCUT2D eigenvalue weighted by molar-refractivity contribution is 0.0142. The monoisotopic (exact) mass is 388 g/mol. The Labute approximate surface area is 134 Å². The van der Waals surface area contributed by atoms with Crippen LogP contribution in [0.4, 0.5) is 0 Å². The molecule has 2 heterocycles. The first kappa shape index (κ1) is 18.6. The predicted octanol–water partition coefficient (Wildman–Crippen LogP) is -0.710. The van der Waals surface area contributed by atoms with Crippen molar-refractivity contribution in [3.05, 3.63) is 33.1 Å². The summed E-state index contributed by atoms with van der Waals surface area (Å²) in [6.07, 6.45) is -0.769. The molecule has 4 atom stereocenters. The summed E-state index contributed by atoms with van der Waals surface area (Å²) in [6.45, 7) is -0.610. The molecule has 2 unspecified atom stereocenters. The molecular formula is C9H14N2O9P2S. The number of ether oxygens (including phenoxy) is 1. The molecule has 0 spiro atoms. The number of nitrogens with one attached hydrogen (secondary N) is 1. The van der Waals surface area contributed by atoms with Crippen molar-refractivity contribution in [1.82, 2.24) is 9.55 Å². The Balaban J connectivity index is 2.25. The molecule has 0 radical (unpaired) electrons. The van der Waals surface area contributed by atoms with E-state index in [2.05, 4.69) is 21.8 Å². The zero-order valence-electron chi connectivity index (χ0n) is 11.4. The molecule has 3 N–H and O–H groups in total.